The molecule has 20 heavy (non-hydrogen) atoms. The molecule has 0 unspecified atom stereocenters. The van der Waals surface area contributed by atoms with E-state index in [1.165, 1.54) is 0 Å². The maximum atomic E-state index is 11.8. The minimum Gasteiger partial charge on any atom is -0.481 e. The predicted molar refractivity (Wildman–Crippen MR) is 76.3 cm³/mol. The minimum atomic E-state index is -0.836. The van der Waals surface area contributed by atoms with E-state index in [9.17, 15) is 9.59 Å². The minimum absolute atomic E-state index is 0.0699. The number of carbonyl (C=O) groups excluding carboxylic acids is 1. The van der Waals surface area contributed by atoms with Crippen molar-refractivity contribution in [1.29, 1.82) is 0 Å². The SMILES string of the molecule is CC(C)(C)C(=O)Nc1cccc(CNCCC(=O)O)n1. The summed E-state index contributed by atoms with van der Waals surface area (Å²) in [6.07, 6.45) is 0.0699. The van der Waals surface area contributed by atoms with Crippen molar-refractivity contribution in [3.63, 3.8) is 0 Å². The average molecular weight is 279 g/mol. The van der Waals surface area contributed by atoms with Crippen LogP contribution in [0.25, 0.3) is 0 Å². The number of carboxylic acid groups (broad SMARTS) is 1. The molecule has 110 valence electrons. The lowest BCUT2D eigenvalue weighted by Gasteiger charge is -2.17. The number of amides is 1. The Morgan fingerprint density at radius 2 is 2.00 bits per heavy atom. The molecule has 0 bridgehead atoms. The van der Waals surface area contributed by atoms with Crippen molar-refractivity contribution in [1.82, 2.24) is 10.3 Å². The Morgan fingerprint density at radius 1 is 1.30 bits per heavy atom. The van der Waals surface area contributed by atoms with Crippen LogP contribution < -0.4 is 10.6 Å². The summed E-state index contributed by atoms with van der Waals surface area (Å²) in [5.74, 6) is -0.430. The molecule has 0 saturated carbocycles. The van der Waals surface area contributed by atoms with Crippen molar-refractivity contribution < 1.29 is 14.7 Å². The third kappa shape index (κ3) is 5.79. The molecule has 0 radical (unpaired) electrons. The Kier molecular flexibility index (Phi) is 5.64. The molecule has 0 fully saturated rings. The number of nitrogens with one attached hydrogen (secondary N) is 2. The molecule has 0 aliphatic heterocycles. The monoisotopic (exact) mass is 279 g/mol. The summed E-state index contributed by atoms with van der Waals surface area (Å²) < 4.78 is 0. The van der Waals surface area contributed by atoms with Gasteiger partial charge in [-0.05, 0) is 12.1 Å². The molecule has 0 aliphatic carbocycles. The molecular weight excluding hydrogens is 258 g/mol. The molecule has 1 aromatic rings. The summed E-state index contributed by atoms with van der Waals surface area (Å²) in [6, 6.07) is 5.35. The molecule has 6 heteroatoms. The van der Waals surface area contributed by atoms with Crippen molar-refractivity contribution >= 4 is 17.7 Å². The van der Waals surface area contributed by atoms with Crippen LogP contribution in [0, 0.1) is 5.41 Å². The van der Waals surface area contributed by atoms with Gasteiger partial charge < -0.3 is 15.7 Å². The molecular formula is C14H21N3O3. The van der Waals surface area contributed by atoms with E-state index in [4.69, 9.17) is 5.11 Å². The van der Waals surface area contributed by atoms with E-state index >= 15 is 0 Å². The van der Waals surface area contributed by atoms with Gasteiger partial charge in [-0.3, -0.25) is 9.59 Å². The molecule has 3 N–H and O–H groups in total. The fourth-order valence-electron chi connectivity index (χ4n) is 1.36. The van der Waals surface area contributed by atoms with Gasteiger partial charge in [0.25, 0.3) is 0 Å². The van der Waals surface area contributed by atoms with Gasteiger partial charge >= 0.3 is 5.97 Å². The molecule has 0 aliphatic rings. The second-order valence-electron chi connectivity index (χ2n) is 5.54. The first-order valence-electron chi connectivity index (χ1n) is 6.49. The van der Waals surface area contributed by atoms with Crippen molar-refractivity contribution in [2.24, 2.45) is 5.41 Å². The molecule has 1 aromatic heterocycles. The smallest absolute Gasteiger partial charge is 0.304 e. The molecule has 1 heterocycles. The molecule has 0 aromatic carbocycles. The first-order chi connectivity index (χ1) is 9.29. The van der Waals surface area contributed by atoms with Gasteiger partial charge in [-0.2, -0.15) is 0 Å². The number of aliphatic carboxylic acids is 1. The third-order valence-corrected chi connectivity index (χ3v) is 2.55. The highest BCUT2D eigenvalue weighted by atomic mass is 16.4. The maximum Gasteiger partial charge on any atom is 0.304 e. The van der Waals surface area contributed by atoms with Gasteiger partial charge in [-0.1, -0.05) is 26.8 Å². The van der Waals surface area contributed by atoms with Crippen LogP contribution in [0.3, 0.4) is 0 Å². The fourth-order valence-corrected chi connectivity index (χ4v) is 1.36. The number of carboxylic acids is 1. The number of nitrogens with zero attached hydrogens (tertiary/aromatic N) is 1. The summed E-state index contributed by atoms with van der Waals surface area (Å²) in [6.45, 7) is 6.35. The second kappa shape index (κ2) is 7.00. The number of rotatable bonds is 6. The van der Waals surface area contributed by atoms with Crippen LogP contribution in [0.1, 0.15) is 32.9 Å². The largest absolute Gasteiger partial charge is 0.481 e. The van der Waals surface area contributed by atoms with Crippen LogP contribution >= 0.6 is 0 Å². The summed E-state index contributed by atoms with van der Waals surface area (Å²) in [7, 11) is 0. The molecule has 0 atom stereocenters. The molecule has 0 spiro atoms. The van der Waals surface area contributed by atoms with Gasteiger partial charge in [-0.25, -0.2) is 4.98 Å². The number of aromatic nitrogens is 1. The molecule has 0 saturated heterocycles. The van der Waals surface area contributed by atoms with Crippen LogP contribution in [0.4, 0.5) is 5.82 Å². The van der Waals surface area contributed by atoms with Crippen LogP contribution in [0.5, 0.6) is 0 Å². The van der Waals surface area contributed by atoms with Gasteiger partial charge in [0.05, 0.1) is 12.1 Å². The third-order valence-electron chi connectivity index (χ3n) is 2.55. The van der Waals surface area contributed by atoms with Crippen molar-refractivity contribution in [2.45, 2.75) is 33.7 Å². The number of anilines is 1. The van der Waals surface area contributed by atoms with Gasteiger partial charge in [-0.15, -0.1) is 0 Å². The van der Waals surface area contributed by atoms with E-state index in [1.807, 2.05) is 26.8 Å². The van der Waals surface area contributed by atoms with E-state index in [1.54, 1.807) is 12.1 Å². The van der Waals surface area contributed by atoms with Gasteiger partial charge in [0.2, 0.25) is 5.91 Å². The number of pyridine rings is 1. The molecule has 1 rings (SSSR count). The van der Waals surface area contributed by atoms with Gasteiger partial charge in [0.15, 0.2) is 0 Å². The predicted octanol–water partition coefficient (Wildman–Crippen LogP) is 1.63. The first-order valence-corrected chi connectivity index (χ1v) is 6.49. The van der Waals surface area contributed by atoms with Crippen LogP contribution in [-0.2, 0) is 16.1 Å². The molecule has 1 amide bonds. The van der Waals surface area contributed by atoms with Crippen LogP contribution in [0.15, 0.2) is 18.2 Å². The fraction of sp³-hybridized carbons (Fsp3) is 0.500. The van der Waals surface area contributed by atoms with E-state index in [0.29, 0.717) is 18.9 Å². The Morgan fingerprint density at radius 3 is 2.60 bits per heavy atom. The van der Waals surface area contributed by atoms with Gasteiger partial charge in [0, 0.05) is 18.5 Å². The van der Waals surface area contributed by atoms with Crippen molar-refractivity contribution in [3.8, 4) is 0 Å². The zero-order chi connectivity index (χ0) is 15.2. The van der Waals surface area contributed by atoms with E-state index in [2.05, 4.69) is 15.6 Å². The highest BCUT2D eigenvalue weighted by molar-refractivity contribution is 5.93. The van der Waals surface area contributed by atoms with Crippen LogP contribution in [0.2, 0.25) is 0 Å². The van der Waals surface area contributed by atoms with Crippen molar-refractivity contribution in [3.05, 3.63) is 23.9 Å². The molecule has 6 nitrogen and oxygen atoms in total. The number of hydrogen-bond acceptors (Lipinski definition) is 4. The summed E-state index contributed by atoms with van der Waals surface area (Å²) >= 11 is 0. The highest BCUT2D eigenvalue weighted by Gasteiger charge is 2.21. The maximum absolute atomic E-state index is 11.8. The first kappa shape index (κ1) is 16.1. The number of hydrogen-bond donors (Lipinski definition) is 3. The van der Waals surface area contributed by atoms with Crippen LogP contribution in [-0.4, -0.2) is 28.5 Å². The van der Waals surface area contributed by atoms with E-state index in [-0.39, 0.29) is 12.3 Å². The Hall–Kier alpha value is -1.95. The lowest BCUT2D eigenvalue weighted by atomic mass is 9.96. The Bertz CT molecular complexity index is 481. The second-order valence-corrected chi connectivity index (χ2v) is 5.54. The summed E-state index contributed by atoms with van der Waals surface area (Å²) in [5.41, 5.74) is 0.277. The Balaban J connectivity index is 2.53. The van der Waals surface area contributed by atoms with E-state index in [0.717, 1.165) is 5.69 Å². The van der Waals surface area contributed by atoms with E-state index < -0.39 is 11.4 Å². The zero-order valence-corrected chi connectivity index (χ0v) is 12.1. The standard InChI is InChI=1S/C14H21N3O3/c1-14(2,3)13(20)17-11-6-4-5-10(16-11)9-15-8-7-12(18)19/h4-6,15H,7-9H2,1-3H3,(H,18,19)(H,16,17,20). The lowest BCUT2D eigenvalue weighted by molar-refractivity contribution is -0.136. The summed E-state index contributed by atoms with van der Waals surface area (Å²) in [4.78, 5) is 26.5. The quantitative estimate of drug-likeness (QED) is 0.688. The normalized spacial score (nSPS) is 11.2. The zero-order valence-electron chi connectivity index (χ0n) is 12.1. The topological polar surface area (TPSA) is 91.3 Å². The summed E-state index contributed by atoms with van der Waals surface area (Å²) in [5, 5.41) is 14.3. The van der Waals surface area contributed by atoms with Gasteiger partial charge in [0.1, 0.15) is 5.82 Å². The lowest BCUT2D eigenvalue weighted by Crippen LogP contribution is -2.28. The highest BCUT2D eigenvalue weighted by Crippen LogP contribution is 2.16. The number of carbonyl (C=O) groups is 2. The van der Waals surface area contributed by atoms with Crippen molar-refractivity contribution in [2.75, 3.05) is 11.9 Å². The average Bonchev–Trinajstić information content (AvgIpc) is 2.34. The Labute approximate surface area is 118 Å².